The fourth-order valence-electron chi connectivity index (χ4n) is 5.88. The number of hydrazine groups is 1. The molecule has 0 saturated heterocycles. The zero-order valence-electron chi connectivity index (χ0n) is 27.9. The summed E-state index contributed by atoms with van der Waals surface area (Å²) in [6.07, 6.45) is 7.49. The van der Waals surface area contributed by atoms with Gasteiger partial charge in [0.15, 0.2) is 0 Å². The number of pyridine rings is 1. The summed E-state index contributed by atoms with van der Waals surface area (Å²) in [6, 6.07) is 27.9. The molecule has 51 heavy (non-hydrogen) atoms. The number of ether oxygens (including phenoxy) is 3. The Morgan fingerprint density at radius 1 is 0.922 bits per heavy atom. The van der Waals surface area contributed by atoms with Gasteiger partial charge in [-0.1, -0.05) is 60.7 Å². The quantitative estimate of drug-likeness (QED) is 0.0178. The number of H-pyrrole nitrogens is 1. The lowest BCUT2D eigenvalue weighted by molar-refractivity contribution is 0.0466. The van der Waals surface area contributed by atoms with Crippen molar-refractivity contribution in [2.45, 2.75) is 51.4 Å². The van der Waals surface area contributed by atoms with Crippen molar-refractivity contribution < 1.29 is 23.8 Å². The predicted octanol–water partition coefficient (Wildman–Crippen LogP) is 8.15. The van der Waals surface area contributed by atoms with Gasteiger partial charge in [-0.3, -0.25) is 0 Å². The largest absolute Gasteiger partial charge is 0.514 e. The summed E-state index contributed by atoms with van der Waals surface area (Å²) in [5.74, 6) is 0.312. The van der Waals surface area contributed by atoms with E-state index in [1.54, 1.807) is 12.1 Å². The van der Waals surface area contributed by atoms with Crippen LogP contribution in [0, 0.1) is 17.2 Å². The van der Waals surface area contributed by atoms with E-state index in [9.17, 15) is 9.59 Å². The van der Waals surface area contributed by atoms with Gasteiger partial charge >= 0.3 is 12.1 Å². The molecule has 1 aliphatic rings. The minimum absolute atomic E-state index is 0.0113. The van der Waals surface area contributed by atoms with E-state index in [1.807, 2.05) is 79.1 Å². The molecular formula is C38H39N7O5S. The molecule has 0 bridgehead atoms. The van der Waals surface area contributed by atoms with Crippen LogP contribution in [0.4, 0.5) is 21.9 Å². The predicted molar refractivity (Wildman–Crippen MR) is 198 cm³/mol. The van der Waals surface area contributed by atoms with Crippen molar-refractivity contribution in [2.75, 3.05) is 21.9 Å². The maximum Gasteiger partial charge on any atom is 0.514 e. The summed E-state index contributed by atoms with van der Waals surface area (Å²) in [7, 11) is 0. The Morgan fingerprint density at radius 2 is 1.65 bits per heavy atom. The lowest BCUT2D eigenvalue weighted by Gasteiger charge is -2.29. The molecule has 0 amide bonds. The van der Waals surface area contributed by atoms with Crippen molar-refractivity contribution in [1.82, 2.24) is 14.8 Å². The summed E-state index contributed by atoms with van der Waals surface area (Å²) >= 11 is 1.36. The second-order valence-electron chi connectivity index (χ2n) is 12.1. The zero-order valence-corrected chi connectivity index (χ0v) is 28.7. The number of anilines is 3. The molecule has 12 nitrogen and oxygen atoms in total. The molecule has 5 aromatic rings. The molecule has 2 aromatic heterocycles. The van der Waals surface area contributed by atoms with E-state index in [0.29, 0.717) is 29.9 Å². The Hall–Kier alpha value is -5.71. The molecule has 6 rings (SSSR count). The molecule has 0 atom stereocenters. The number of hydrogen-bond donors (Lipinski definition) is 5. The topological polar surface area (TPSA) is 162 Å². The maximum absolute atomic E-state index is 13.2. The molecule has 1 fully saturated rings. The lowest BCUT2D eigenvalue weighted by Crippen LogP contribution is -2.26. The number of carbonyl (C=O) groups excluding carboxylic acids is 2. The fraction of sp³-hybridized carbons (Fsp3) is 0.263. The number of fused-ring (bicyclic) bond motifs is 1. The first-order valence-electron chi connectivity index (χ1n) is 16.8. The van der Waals surface area contributed by atoms with Gasteiger partial charge in [-0.15, -0.1) is 0 Å². The second kappa shape index (κ2) is 17.8. The van der Waals surface area contributed by atoms with Crippen LogP contribution in [-0.2, 0) is 22.7 Å². The van der Waals surface area contributed by atoms with Gasteiger partial charge in [-0.2, -0.15) is 10.1 Å². The highest BCUT2D eigenvalue weighted by Crippen LogP contribution is 2.34. The van der Waals surface area contributed by atoms with Crippen molar-refractivity contribution in [1.29, 1.82) is 5.26 Å². The van der Waals surface area contributed by atoms with Crippen LogP contribution in [0.15, 0.2) is 97.3 Å². The number of benzene rings is 3. The summed E-state index contributed by atoms with van der Waals surface area (Å²) in [4.78, 5) is 36.6. The van der Waals surface area contributed by atoms with Crippen LogP contribution in [0.5, 0.6) is 5.75 Å². The van der Waals surface area contributed by atoms with Crippen LogP contribution in [0.2, 0.25) is 0 Å². The third-order valence-corrected chi connectivity index (χ3v) is 9.10. The Bertz CT molecular complexity index is 1940. The van der Waals surface area contributed by atoms with E-state index >= 15 is 0 Å². The Morgan fingerprint density at radius 3 is 2.37 bits per heavy atom. The highest BCUT2D eigenvalue weighted by molar-refractivity contribution is 7.97. The molecule has 2 heterocycles. The molecular weight excluding hydrogens is 667 g/mol. The van der Waals surface area contributed by atoms with Crippen LogP contribution < -0.4 is 25.6 Å². The number of hydrogen-bond acceptors (Lipinski definition) is 12. The van der Waals surface area contributed by atoms with Crippen LogP contribution in [0.1, 0.15) is 53.6 Å². The van der Waals surface area contributed by atoms with Crippen molar-refractivity contribution >= 4 is 52.2 Å². The molecule has 0 unspecified atom stereocenters. The third kappa shape index (κ3) is 9.94. The molecule has 262 valence electrons. The van der Waals surface area contributed by atoms with Gasteiger partial charge in [-0.05, 0) is 78.9 Å². The van der Waals surface area contributed by atoms with Gasteiger partial charge in [0.25, 0.3) is 0 Å². The number of nitrogens with one attached hydrogen (secondary N) is 5. The molecule has 5 N–H and O–H groups in total. The summed E-state index contributed by atoms with van der Waals surface area (Å²) in [5, 5.41) is 17.3. The van der Waals surface area contributed by atoms with Gasteiger partial charge in [-0.25, -0.2) is 14.6 Å². The second-order valence-corrected chi connectivity index (χ2v) is 12.9. The van der Waals surface area contributed by atoms with Gasteiger partial charge < -0.3 is 35.3 Å². The molecule has 1 saturated carbocycles. The lowest BCUT2D eigenvalue weighted by atomic mass is 9.84. The average Bonchev–Trinajstić information content (AvgIpc) is 3.65. The van der Waals surface area contributed by atoms with Crippen LogP contribution in [0.3, 0.4) is 0 Å². The summed E-state index contributed by atoms with van der Waals surface area (Å²) in [5.41, 5.74) is 7.99. The normalized spacial score (nSPS) is 15.4. The Kier molecular flexibility index (Phi) is 12.3. The van der Waals surface area contributed by atoms with E-state index in [4.69, 9.17) is 19.5 Å². The summed E-state index contributed by atoms with van der Waals surface area (Å²) < 4.78 is 16.3. The first-order chi connectivity index (χ1) is 25.1. The molecule has 1 aliphatic carbocycles. The molecule has 13 heteroatoms. The van der Waals surface area contributed by atoms with Crippen LogP contribution in [-0.4, -0.2) is 34.0 Å². The maximum atomic E-state index is 13.2. The monoisotopic (exact) mass is 705 g/mol. The average molecular weight is 706 g/mol. The van der Waals surface area contributed by atoms with Gasteiger partial charge in [0.2, 0.25) is 0 Å². The van der Waals surface area contributed by atoms with E-state index in [0.717, 1.165) is 59.2 Å². The minimum Gasteiger partial charge on any atom is -0.457 e. The SMILES string of the molecule is N#CCC1CCC(Nc2c(NCSNNc3ccc(OC(=O)OCc4ccccc4)c(C(=O)OCc4ccccc4)c3)cnc3[nH]ccc23)CC1. The smallest absolute Gasteiger partial charge is 0.457 e. The van der Waals surface area contributed by atoms with Gasteiger partial charge in [0.05, 0.1) is 35.2 Å². The van der Waals surface area contributed by atoms with Crippen molar-refractivity contribution in [3.63, 3.8) is 0 Å². The third-order valence-electron chi connectivity index (χ3n) is 8.57. The van der Waals surface area contributed by atoms with Gasteiger partial charge in [0.1, 0.15) is 30.2 Å². The highest BCUT2D eigenvalue weighted by atomic mass is 32.2. The molecule has 3 aromatic carbocycles. The number of aromatic nitrogens is 2. The van der Waals surface area contributed by atoms with Crippen LogP contribution in [0.25, 0.3) is 11.0 Å². The number of esters is 1. The highest BCUT2D eigenvalue weighted by Gasteiger charge is 2.23. The zero-order chi connectivity index (χ0) is 35.3. The summed E-state index contributed by atoms with van der Waals surface area (Å²) in [6.45, 7) is 0.0803. The number of aromatic amines is 1. The van der Waals surface area contributed by atoms with Crippen molar-refractivity contribution in [2.24, 2.45) is 5.92 Å². The fourth-order valence-corrected chi connectivity index (χ4v) is 6.37. The van der Waals surface area contributed by atoms with Gasteiger partial charge in [0, 0.05) is 24.0 Å². The number of nitriles is 1. The first-order valence-corrected chi connectivity index (χ1v) is 17.7. The first kappa shape index (κ1) is 35.1. The Balaban J connectivity index is 1.06. The van der Waals surface area contributed by atoms with E-state index in [1.165, 1.54) is 18.0 Å². The number of rotatable bonds is 15. The number of carbonyl (C=O) groups is 2. The van der Waals surface area contributed by atoms with E-state index in [-0.39, 0.29) is 24.5 Å². The Labute approximate surface area is 300 Å². The molecule has 0 radical (unpaired) electrons. The van der Waals surface area contributed by atoms with E-state index < -0.39 is 12.1 Å². The van der Waals surface area contributed by atoms with Crippen molar-refractivity contribution in [3.05, 3.63) is 114 Å². The van der Waals surface area contributed by atoms with Crippen molar-refractivity contribution in [3.8, 4) is 11.8 Å². The minimum atomic E-state index is -0.940. The molecule has 0 spiro atoms. The molecule has 0 aliphatic heterocycles. The van der Waals surface area contributed by atoms with E-state index in [2.05, 4.69) is 36.9 Å². The standard InChI is InChI=1S/C38H39N7O5S/c39-19-17-26-11-13-29(14-12-26)43-35-31-18-20-40-36(31)41-22-33(35)42-25-51-45-44-30-15-16-34(50-38(47)49-24-28-9-5-2-6-10-28)32(21-30)37(46)48-23-27-7-3-1-4-8-27/h1-10,15-16,18,20-22,26,29,42,44-45H,11-14,17,23-25H2,(H2,40,41,43). The van der Waals surface area contributed by atoms with Crippen LogP contribution >= 0.6 is 11.9 Å². The number of nitrogens with zero attached hydrogens (tertiary/aromatic N) is 2.